The van der Waals surface area contributed by atoms with Crippen LogP contribution in [0.5, 0.6) is 11.5 Å². The van der Waals surface area contributed by atoms with E-state index in [-0.39, 0.29) is 30.0 Å². The van der Waals surface area contributed by atoms with Crippen molar-refractivity contribution >= 4 is 33.0 Å². The first-order chi connectivity index (χ1) is 33.9. The molecule has 1 aliphatic rings. The fraction of sp³-hybridized carbons (Fsp3) is 0.556. The van der Waals surface area contributed by atoms with Gasteiger partial charge >= 0.3 is 0 Å². The van der Waals surface area contributed by atoms with Crippen LogP contribution >= 0.6 is 23.2 Å². The molecule has 0 unspecified atom stereocenters. The molecule has 0 aromatic heterocycles. The standard InChI is InChI=1S/C30H45NO6S.C24H33Cl2NO5/c32-23-26-21-25(15-16-29(26)33)30(34)22-31-17-6-1-2-7-18-37-19-8-5-10-24-11-9-14-28(20-24)38(35,36)27-12-3-4-13-27;25-21-6-5-7-22(26)20(21)17-32-13-12-31-11-4-2-1-3-10-27-15-24(30)18-8-9-23(29)19(14-18)16-28/h9,11,14-16,20-21,27,30-34H,1-8,10,12-13,17-19,22-23H2;5-9,14,24,27-30H,1-4,10-13,15-17H2/t30-;24-/m00/s1. The lowest BCUT2D eigenvalue weighted by Gasteiger charge is -2.14. The molecular formula is C54H78Cl2N2O11S. The van der Waals surface area contributed by atoms with Gasteiger partial charge < -0.3 is 55.5 Å². The molecule has 0 amide bonds. The van der Waals surface area contributed by atoms with E-state index in [2.05, 4.69) is 10.6 Å². The molecule has 16 heteroatoms. The van der Waals surface area contributed by atoms with Crippen molar-refractivity contribution in [3.8, 4) is 11.5 Å². The summed E-state index contributed by atoms with van der Waals surface area (Å²) in [5.74, 6) is 0.0742. The predicted octanol–water partition coefficient (Wildman–Crippen LogP) is 9.43. The van der Waals surface area contributed by atoms with Crippen molar-refractivity contribution < 1.29 is 53.3 Å². The lowest BCUT2D eigenvalue weighted by molar-refractivity contribution is 0.0393. The zero-order valence-electron chi connectivity index (χ0n) is 40.7. The van der Waals surface area contributed by atoms with Crippen LogP contribution < -0.4 is 10.6 Å². The highest BCUT2D eigenvalue weighted by atomic mass is 35.5. The van der Waals surface area contributed by atoms with Gasteiger partial charge in [0.2, 0.25) is 0 Å². The number of nitrogens with one attached hydrogen (secondary N) is 2. The Bertz CT molecular complexity index is 2160. The largest absolute Gasteiger partial charge is 0.508 e. The van der Waals surface area contributed by atoms with Gasteiger partial charge in [-0.25, -0.2) is 8.42 Å². The number of aryl methyl sites for hydroxylation is 1. The third kappa shape index (κ3) is 21.8. The summed E-state index contributed by atoms with van der Waals surface area (Å²) in [6.07, 6.45) is 13.5. The number of rotatable bonds is 34. The van der Waals surface area contributed by atoms with Gasteiger partial charge in [-0.15, -0.1) is 0 Å². The number of ether oxygens (including phenoxy) is 3. The Hall–Kier alpha value is -3.35. The van der Waals surface area contributed by atoms with E-state index in [1.54, 1.807) is 42.5 Å². The van der Waals surface area contributed by atoms with Crippen molar-refractivity contribution in [2.75, 3.05) is 59.2 Å². The second-order valence-corrected chi connectivity index (χ2v) is 20.9. The number of hydrogen-bond donors (Lipinski definition) is 8. The molecule has 1 saturated carbocycles. The van der Waals surface area contributed by atoms with E-state index in [0.29, 0.717) is 76.7 Å². The van der Waals surface area contributed by atoms with Crippen molar-refractivity contribution in [2.45, 2.75) is 138 Å². The van der Waals surface area contributed by atoms with Crippen LogP contribution in [0.3, 0.4) is 0 Å². The van der Waals surface area contributed by atoms with Crippen LogP contribution in [0.15, 0.2) is 83.8 Å². The first kappa shape index (κ1) is 59.2. The molecule has 0 radical (unpaired) electrons. The molecule has 8 N–H and O–H groups in total. The second kappa shape index (κ2) is 34.1. The monoisotopic (exact) mass is 1030 g/mol. The second-order valence-electron chi connectivity index (χ2n) is 17.9. The molecule has 1 fully saturated rings. The maximum Gasteiger partial charge on any atom is 0.181 e. The molecule has 390 valence electrons. The van der Waals surface area contributed by atoms with Gasteiger partial charge in [-0.05, 0) is 136 Å². The van der Waals surface area contributed by atoms with Crippen LogP contribution in [-0.2, 0) is 50.3 Å². The van der Waals surface area contributed by atoms with Crippen LogP contribution in [0.25, 0.3) is 0 Å². The molecule has 2 atom stereocenters. The molecule has 4 aromatic carbocycles. The summed E-state index contributed by atoms with van der Waals surface area (Å²) in [7, 11) is -3.19. The fourth-order valence-corrected chi connectivity index (χ4v) is 10.6. The molecule has 70 heavy (non-hydrogen) atoms. The van der Waals surface area contributed by atoms with E-state index in [1.807, 2.05) is 24.3 Å². The fourth-order valence-electron chi connectivity index (χ4n) is 8.18. The number of benzene rings is 4. The average Bonchev–Trinajstić information content (AvgIpc) is 3.92. The third-order valence-corrected chi connectivity index (χ3v) is 15.4. The lowest BCUT2D eigenvalue weighted by atomic mass is 10.1. The van der Waals surface area contributed by atoms with Crippen LogP contribution in [0.1, 0.15) is 135 Å². The van der Waals surface area contributed by atoms with E-state index in [1.165, 1.54) is 12.1 Å². The number of aromatic hydroxyl groups is 2. The Morgan fingerprint density at radius 2 is 1.07 bits per heavy atom. The quantitative estimate of drug-likeness (QED) is 0.0206. The van der Waals surface area contributed by atoms with Crippen molar-refractivity contribution in [1.82, 2.24) is 10.6 Å². The highest BCUT2D eigenvalue weighted by Crippen LogP contribution is 2.30. The molecular weight excluding hydrogens is 956 g/mol. The highest BCUT2D eigenvalue weighted by molar-refractivity contribution is 7.92. The van der Waals surface area contributed by atoms with E-state index in [0.717, 1.165) is 134 Å². The van der Waals surface area contributed by atoms with E-state index >= 15 is 0 Å². The number of hydrogen-bond acceptors (Lipinski definition) is 13. The number of halogens is 2. The van der Waals surface area contributed by atoms with Gasteiger partial charge in [-0.3, -0.25) is 0 Å². The molecule has 0 bridgehead atoms. The molecule has 0 spiro atoms. The number of phenols is 2. The summed E-state index contributed by atoms with van der Waals surface area (Å²) in [5.41, 5.74) is 4.08. The van der Waals surface area contributed by atoms with Crippen LogP contribution in [-0.4, -0.2) is 104 Å². The number of aliphatic hydroxyl groups excluding tert-OH is 4. The number of aliphatic hydroxyl groups is 4. The lowest BCUT2D eigenvalue weighted by Crippen LogP contribution is -2.22. The van der Waals surface area contributed by atoms with Gasteiger partial charge in [0, 0.05) is 59.6 Å². The average molecular weight is 1030 g/mol. The Balaban J connectivity index is 0.000000309. The Labute approximate surface area is 426 Å². The maximum absolute atomic E-state index is 12.8. The van der Waals surface area contributed by atoms with E-state index in [4.69, 9.17) is 37.4 Å². The van der Waals surface area contributed by atoms with Crippen LogP contribution in [0.2, 0.25) is 10.0 Å². The molecule has 1 aliphatic carbocycles. The summed E-state index contributed by atoms with van der Waals surface area (Å²) in [5, 5.41) is 65.7. The van der Waals surface area contributed by atoms with Gasteiger partial charge in [0.1, 0.15) is 11.5 Å². The van der Waals surface area contributed by atoms with E-state index < -0.39 is 22.0 Å². The van der Waals surface area contributed by atoms with Crippen molar-refractivity contribution in [1.29, 1.82) is 0 Å². The smallest absolute Gasteiger partial charge is 0.181 e. The molecule has 5 rings (SSSR count). The van der Waals surface area contributed by atoms with E-state index in [9.17, 15) is 39.1 Å². The van der Waals surface area contributed by atoms with Gasteiger partial charge in [0.25, 0.3) is 0 Å². The molecule has 13 nitrogen and oxygen atoms in total. The molecule has 0 heterocycles. The first-order valence-corrected chi connectivity index (χ1v) is 27.4. The molecule has 0 aliphatic heterocycles. The summed E-state index contributed by atoms with van der Waals surface area (Å²) in [4.78, 5) is 0.485. The summed E-state index contributed by atoms with van der Waals surface area (Å²) in [6, 6.07) is 22.5. The van der Waals surface area contributed by atoms with Crippen molar-refractivity contribution in [3.63, 3.8) is 0 Å². The summed E-state index contributed by atoms with van der Waals surface area (Å²) in [6.45, 7) is 5.59. The summed E-state index contributed by atoms with van der Waals surface area (Å²) >= 11 is 12.2. The first-order valence-electron chi connectivity index (χ1n) is 25.1. The third-order valence-electron chi connectivity index (χ3n) is 12.4. The molecule has 0 saturated heterocycles. The SMILES string of the molecule is O=S(=O)(c1cccc(CCCCOCCCCCCNC[C@H](O)c2ccc(O)c(CO)c2)c1)C1CCCC1.OCc1cc([C@@H](O)CNCCCCCCOCCOCc2c(Cl)cccc2Cl)ccc1O. The van der Waals surface area contributed by atoms with Gasteiger partial charge in [0.05, 0.1) is 55.4 Å². The minimum atomic E-state index is -3.19. The maximum atomic E-state index is 12.8. The number of unbranched alkanes of at least 4 members (excludes halogenated alkanes) is 7. The van der Waals surface area contributed by atoms with Crippen LogP contribution in [0, 0.1) is 0 Å². The van der Waals surface area contributed by atoms with Crippen molar-refractivity contribution in [2.24, 2.45) is 0 Å². The minimum absolute atomic E-state index is 0.0370. The number of sulfone groups is 1. The topological polar surface area (TPSA) is 207 Å². The zero-order valence-corrected chi connectivity index (χ0v) is 43.0. The summed E-state index contributed by atoms with van der Waals surface area (Å²) < 4.78 is 42.6. The van der Waals surface area contributed by atoms with Crippen molar-refractivity contribution in [3.05, 3.63) is 122 Å². The predicted molar refractivity (Wildman–Crippen MR) is 277 cm³/mol. The Morgan fingerprint density at radius 3 is 1.61 bits per heavy atom. The van der Waals surface area contributed by atoms with Gasteiger partial charge in [0.15, 0.2) is 9.84 Å². The highest BCUT2D eigenvalue weighted by Gasteiger charge is 2.30. The minimum Gasteiger partial charge on any atom is -0.508 e. The van der Waals surface area contributed by atoms with Gasteiger partial charge in [-0.2, -0.15) is 0 Å². The normalized spacial score (nSPS) is 13.9. The zero-order chi connectivity index (χ0) is 50.4. The van der Waals surface area contributed by atoms with Crippen LogP contribution in [0.4, 0.5) is 0 Å². The van der Waals surface area contributed by atoms with Gasteiger partial charge in [-0.1, -0.05) is 92.1 Å². The Morgan fingerprint density at radius 1 is 0.586 bits per heavy atom. The molecule has 4 aromatic rings. The Kier molecular flexibility index (Phi) is 28.9.